The minimum absolute atomic E-state index is 0.183. The van der Waals surface area contributed by atoms with Crippen LogP contribution in [0.4, 0.5) is 0 Å². The molecule has 1 N–H and O–H groups in total. The highest BCUT2D eigenvalue weighted by molar-refractivity contribution is 5.68. The molecule has 3 aliphatic heterocycles. The van der Waals surface area contributed by atoms with Crippen LogP contribution in [-0.2, 0) is 66.5 Å². The number of esters is 4. The number of aliphatic hydroxyl groups is 1. The van der Waals surface area contributed by atoms with Gasteiger partial charge in [0.15, 0.2) is 37.2 Å². The second-order valence-corrected chi connectivity index (χ2v) is 15.1. The molecule has 0 aromatic heterocycles. The Morgan fingerprint density at radius 3 is 1.48 bits per heavy atom. The SMILES string of the molecule is CC(=O)OC1C(OC(C)=O)[C@H](CN=[N+]=[N-])OC(O[C@@H]2C(OC(C)=O)[C@H](O[C@@H]3C(OC(C)=O)[C@H](N=[N+]=[N-])CC(N=[N+]=[N-])[C@@H]3O[C@@H]3OC(CN=[N+]=[N-])[C@H](C)[C@H](C)C3N=[N+]=[N-])O[C@@H]2CO)[C@@H]1N=[N+]=[N-]. The average Bonchev–Trinajstić information content (AvgIpc) is 3.57. The molecule has 3 saturated heterocycles. The third-order valence-electron chi connectivity index (χ3n) is 11.0. The van der Waals surface area contributed by atoms with Gasteiger partial charge < -0.3 is 52.5 Å². The molecule has 4 rings (SSSR count). The highest BCUT2D eigenvalue weighted by Gasteiger charge is 2.58. The lowest BCUT2D eigenvalue weighted by molar-refractivity contribution is -0.298. The Morgan fingerprint density at radius 1 is 0.500 bits per heavy atom. The van der Waals surface area contributed by atoms with Crippen LogP contribution in [0.25, 0.3) is 62.7 Å². The zero-order chi connectivity index (χ0) is 48.7. The molecular weight excluding hydrogens is 888 g/mol. The fourth-order valence-corrected chi connectivity index (χ4v) is 8.10. The molecule has 33 nitrogen and oxygen atoms in total. The maximum absolute atomic E-state index is 12.8. The van der Waals surface area contributed by atoms with Crippen LogP contribution in [0.2, 0.25) is 0 Å². The average molecular weight is 935 g/mol. The van der Waals surface area contributed by atoms with Gasteiger partial charge in [0.1, 0.15) is 36.6 Å². The molecule has 4 fully saturated rings. The van der Waals surface area contributed by atoms with E-state index in [-0.39, 0.29) is 18.9 Å². The summed E-state index contributed by atoms with van der Waals surface area (Å²) < 4.78 is 59.5. The van der Waals surface area contributed by atoms with Crippen molar-refractivity contribution in [3.63, 3.8) is 0 Å². The summed E-state index contributed by atoms with van der Waals surface area (Å²) in [5.41, 5.74) is 56.6. The zero-order valence-electron chi connectivity index (χ0n) is 36.0. The Labute approximate surface area is 372 Å². The van der Waals surface area contributed by atoms with Gasteiger partial charge in [-0.2, -0.15) is 0 Å². The van der Waals surface area contributed by atoms with Gasteiger partial charge in [0.25, 0.3) is 0 Å². The number of azide groups is 6. The second kappa shape index (κ2) is 24.7. The molecule has 66 heavy (non-hydrogen) atoms. The molecule has 0 bridgehead atoms. The van der Waals surface area contributed by atoms with E-state index in [1.807, 2.05) is 0 Å². The molecule has 1 aliphatic carbocycles. The Kier molecular flexibility index (Phi) is 19.5. The van der Waals surface area contributed by atoms with Gasteiger partial charge in [-0.25, -0.2) is 0 Å². The normalized spacial score (nSPS) is 36.9. The first-order chi connectivity index (χ1) is 31.6. The molecule has 0 aromatic carbocycles. The summed E-state index contributed by atoms with van der Waals surface area (Å²) in [4.78, 5) is 67.0. The third kappa shape index (κ3) is 12.8. The van der Waals surface area contributed by atoms with Crippen LogP contribution in [0.15, 0.2) is 30.7 Å². The first kappa shape index (κ1) is 52.1. The largest absolute Gasteiger partial charge is 0.459 e. The number of carbonyl (C=O) groups excluding carboxylic acids is 4. The molecule has 8 unspecified atom stereocenters. The number of carbonyl (C=O) groups is 4. The Bertz CT molecular complexity index is 2070. The first-order valence-corrected chi connectivity index (χ1v) is 20.0. The standard InChI is InChI=1S/C33H46N18O15/c1-11-12(2)22(44-50-38)31(61-19(11)8-40-46-34)64-25-18(43-49-37)7-17(42-48-36)24(57-13(3)53)29(25)66-33-30(60-16(6)56)27(21(10-52)63-33)65-32-23(45-51-39)28(59-15(5)55)26(58-14(4)54)20(62-32)9-41-47-35/h11-12,17-33,52H,7-10H2,1-6H3/t11-,12+,17-,18?,19?,20+,21-,22?,23-,24?,25+,26?,27+,28?,29-,30?,31+,32?,33+/m1/s1. The zero-order valence-corrected chi connectivity index (χ0v) is 36.0. The van der Waals surface area contributed by atoms with Crippen LogP contribution in [0.5, 0.6) is 0 Å². The molecule has 19 atom stereocenters. The first-order valence-electron chi connectivity index (χ1n) is 20.0. The van der Waals surface area contributed by atoms with E-state index >= 15 is 0 Å². The lowest BCUT2D eigenvalue weighted by Crippen LogP contribution is -2.62. The molecule has 33 heteroatoms. The highest BCUT2D eigenvalue weighted by Crippen LogP contribution is 2.41. The van der Waals surface area contributed by atoms with Crippen molar-refractivity contribution in [2.45, 2.75) is 152 Å². The maximum Gasteiger partial charge on any atom is 0.303 e. The van der Waals surface area contributed by atoms with Gasteiger partial charge in [-0.3, -0.25) is 19.2 Å². The van der Waals surface area contributed by atoms with Crippen LogP contribution in [0.3, 0.4) is 0 Å². The fraction of sp³-hybridized carbons (Fsp3) is 0.879. The van der Waals surface area contributed by atoms with E-state index in [2.05, 4.69) is 60.2 Å². The number of hydrogen-bond donors (Lipinski definition) is 1. The molecule has 4 aliphatic rings. The molecular formula is C33H46N18O15. The van der Waals surface area contributed by atoms with Gasteiger partial charge in [0.05, 0.1) is 50.0 Å². The predicted octanol–water partition coefficient (Wildman–Crippen LogP) is 4.05. The van der Waals surface area contributed by atoms with Crippen molar-refractivity contribution in [1.82, 2.24) is 0 Å². The quantitative estimate of drug-likeness (QED) is 0.0627. The van der Waals surface area contributed by atoms with Crippen molar-refractivity contribution < 1.29 is 71.7 Å². The van der Waals surface area contributed by atoms with E-state index in [1.165, 1.54) is 0 Å². The maximum atomic E-state index is 12.8. The van der Waals surface area contributed by atoms with Gasteiger partial charge in [0, 0.05) is 57.2 Å². The summed E-state index contributed by atoms with van der Waals surface area (Å²) in [6.07, 6.45) is -20.9. The van der Waals surface area contributed by atoms with E-state index in [0.29, 0.717) is 0 Å². The van der Waals surface area contributed by atoms with Crippen LogP contribution >= 0.6 is 0 Å². The van der Waals surface area contributed by atoms with Crippen molar-refractivity contribution in [2.75, 3.05) is 19.7 Å². The molecule has 0 aromatic rings. The lowest BCUT2D eigenvalue weighted by Gasteiger charge is -2.48. The topological polar surface area (TPSA) is 473 Å². The van der Waals surface area contributed by atoms with E-state index in [9.17, 15) is 46.4 Å². The molecule has 3 heterocycles. The van der Waals surface area contributed by atoms with Gasteiger partial charge in [-0.1, -0.05) is 44.5 Å². The number of rotatable bonds is 19. The predicted molar refractivity (Wildman–Crippen MR) is 213 cm³/mol. The minimum atomic E-state index is -1.88. The number of aliphatic hydroxyl groups excluding tert-OH is 1. The summed E-state index contributed by atoms with van der Waals surface area (Å²) >= 11 is 0. The summed E-state index contributed by atoms with van der Waals surface area (Å²) in [5.74, 6) is -4.61. The Balaban J connectivity index is 1.86. The number of ether oxygens (including phenoxy) is 10. The molecule has 0 radical (unpaired) electrons. The third-order valence-corrected chi connectivity index (χ3v) is 11.0. The van der Waals surface area contributed by atoms with Crippen molar-refractivity contribution >= 4 is 23.9 Å². The van der Waals surface area contributed by atoms with Gasteiger partial charge in [0.2, 0.25) is 0 Å². The lowest BCUT2D eigenvalue weighted by atomic mass is 9.81. The van der Waals surface area contributed by atoms with E-state index in [0.717, 1.165) is 27.7 Å². The van der Waals surface area contributed by atoms with Gasteiger partial charge in [-0.05, 0) is 51.4 Å². The monoisotopic (exact) mass is 934 g/mol. The Hall–Kier alpha value is -6.54. The van der Waals surface area contributed by atoms with Crippen LogP contribution < -0.4 is 0 Å². The van der Waals surface area contributed by atoms with E-state index in [1.54, 1.807) is 13.8 Å². The summed E-state index contributed by atoms with van der Waals surface area (Å²) in [6.45, 7) is 5.87. The molecule has 0 amide bonds. The van der Waals surface area contributed by atoms with Gasteiger partial charge in [-0.15, -0.1) is 0 Å². The minimum Gasteiger partial charge on any atom is -0.459 e. The van der Waals surface area contributed by atoms with Crippen molar-refractivity contribution in [3.8, 4) is 0 Å². The molecule has 0 spiro atoms. The molecule has 1 saturated carbocycles. The van der Waals surface area contributed by atoms with Crippen molar-refractivity contribution in [2.24, 2.45) is 42.5 Å². The second-order valence-electron chi connectivity index (χ2n) is 15.1. The smallest absolute Gasteiger partial charge is 0.303 e. The molecule has 358 valence electrons. The fourth-order valence-electron chi connectivity index (χ4n) is 8.10. The Morgan fingerprint density at radius 2 is 0.939 bits per heavy atom. The summed E-state index contributed by atoms with van der Waals surface area (Å²) in [5, 5.41) is 32.9. The number of nitrogens with zero attached hydrogens (tertiary/aromatic N) is 18. The van der Waals surface area contributed by atoms with E-state index < -0.39 is 147 Å². The van der Waals surface area contributed by atoms with Crippen LogP contribution in [0.1, 0.15) is 48.0 Å². The summed E-state index contributed by atoms with van der Waals surface area (Å²) in [7, 11) is 0. The van der Waals surface area contributed by atoms with Crippen molar-refractivity contribution in [3.05, 3.63) is 62.7 Å². The van der Waals surface area contributed by atoms with Crippen LogP contribution in [0, 0.1) is 11.8 Å². The van der Waals surface area contributed by atoms with Crippen molar-refractivity contribution in [1.29, 1.82) is 0 Å². The highest BCUT2D eigenvalue weighted by atomic mass is 16.8. The van der Waals surface area contributed by atoms with Crippen LogP contribution in [-0.4, -0.2) is 153 Å². The van der Waals surface area contributed by atoms with E-state index in [4.69, 9.17) is 58.4 Å². The number of hydrogen-bond acceptors (Lipinski definition) is 21. The summed E-state index contributed by atoms with van der Waals surface area (Å²) in [6, 6.07) is -5.49. The van der Waals surface area contributed by atoms with Gasteiger partial charge >= 0.3 is 23.9 Å².